The molecule has 0 radical (unpaired) electrons. The van der Waals surface area contributed by atoms with Crippen molar-refractivity contribution in [1.82, 2.24) is 24.5 Å². The summed E-state index contributed by atoms with van der Waals surface area (Å²) in [6.07, 6.45) is 10.5. The zero-order valence-electron chi connectivity index (χ0n) is 37.7. The number of hydrogen-bond donors (Lipinski definition) is 0. The van der Waals surface area contributed by atoms with Crippen LogP contribution in [0.4, 0.5) is 11.6 Å². The lowest BCUT2D eigenvalue weighted by atomic mass is 9.80. The minimum Gasteiger partial charge on any atom is -0.435 e. The summed E-state index contributed by atoms with van der Waals surface area (Å²) in [5, 5.41) is 3.57. The topological polar surface area (TPSA) is 72.9 Å². The fourth-order valence-corrected chi connectivity index (χ4v) is 11.3. The maximum Gasteiger partial charge on any atom is 0.234 e. The summed E-state index contributed by atoms with van der Waals surface area (Å²) in [5.74, 6) is 2.77. The van der Waals surface area contributed by atoms with Crippen LogP contribution in [0.15, 0.2) is 211 Å². The maximum absolute atomic E-state index is 6.60. The van der Waals surface area contributed by atoms with Crippen molar-refractivity contribution in [3.8, 4) is 50.7 Å². The highest BCUT2D eigenvalue weighted by atomic mass is 16.3. The summed E-state index contributed by atoms with van der Waals surface area (Å²) in [4.78, 5) is 23.5. The van der Waals surface area contributed by atoms with Crippen LogP contribution in [0.2, 0.25) is 0 Å². The third kappa shape index (κ3) is 6.56. The van der Waals surface area contributed by atoms with Gasteiger partial charge in [0.05, 0.1) is 17.3 Å². The summed E-state index contributed by atoms with van der Waals surface area (Å²) < 4.78 is 9.12. The molecule has 2 unspecified atom stereocenters. The number of nitrogens with zero attached hydrogens (tertiary/aromatic N) is 6. The van der Waals surface area contributed by atoms with Gasteiger partial charge in [-0.15, -0.1) is 0 Å². The molecule has 4 heterocycles. The second-order valence-electron chi connectivity index (χ2n) is 18.4. The van der Waals surface area contributed by atoms with E-state index in [1.165, 1.54) is 38.9 Å². The average molecular weight is 889 g/mol. The van der Waals surface area contributed by atoms with E-state index in [2.05, 4.69) is 191 Å². The minimum atomic E-state index is -0.105. The first-order valence-electron chi connectivity index (χ1n) is 24.0. The molecule has 328 valence electrons. The van der Waals surface area contributed by atoms with E-state index in [4.69, 9.17) is 24.4 Å². The van der Waals surface area contributed by atoms with Gasteiger partial charge >= 0.3 is 0 Å². The van der Waals surface area contributed by atoms with Crippen molar-refractivity contribution in [2.24, 2.45) is 0 Å². The first-order valence-corrected chi connectivity index (χ1v) is 24.0. The van der Waals surface area contributed by atoms with Gasteiger partial charge in [0.25, 0.3) is 0 Å². The first-order chi connectivity index (χ1) is 34.2. The van der Waals surface area contributed by atoms with E-state index in [1.807, 2.05) is 24.3 Å². The number of aryl methyl sites for hydroxylation is 1. The van der Waals surface area contributed by atoms with Crippen LogP contribution in [0, 0.1) is 0 Å². The molecule has 2 atom stereocenters. The van der Waals surface area contributed by atoms with E-state index < -0.39 is 0 Å². The van der Waals surface area contributed by atoms with Crippen molar-refractivity contribution in [3.63, 3.8) is 0 Å². The molecule has 0 N–H and O–H groups in total. The lowest BCUT2D eigenvalue weighted by Gasteiger charge is -2.34. The first kappa shape index (κ1) is 39.5. The number of rotatable bonds is 7. The van der Waals surface area contributed by atoms with Gasteiger partial charge in [0, 0.05) is 44.9 Å². The zero-order chi connectivity index (χ0) is 45.4. The van der Waals surface area contributed by atoms with Crippen molar-refractivity contribution in [3.05, 3.63) is 229 Å². The highest BCUT2D eigenvalue weighted by Crippen LogP contribution is 2.58. The molecule has 3 aliphatic rings. The smallest absolute Gasteiger partial charge is 0.234 e. The molecule has 7 nitrogen and oxygen atoms in total. The normalized spacial score (nSPS) is 16.2. The zero-order valence-corrected chi connectivity index (χ0v) is 37.7. The Kier molecular flexibility index (Phi) is 9.15. The van der Waals surface area contributed by atoms with E-state index in [1.54, 1.807) is 0 Å². The summed E-state index contributed by atoms with van der Waals surface area (Å²) in [7, 11) is 0. The van der Waals surface area contributed by atoms with E-state index in [0.717, 1.165) is 86.8 Å². The average Bonchev–Trinajstić information content (AvgIpc) is 4.12. The Morgan fingerprint density at radius 3 is 2.12 bits per heavy atom. The maximum atomic E-state index is 6.60. The van der Waals surface area contributed by atoms with Crippen LogP contribution in [0.3, 0.4) is 0 Å². The summed E-state index contributed by atoms with van der Waals surface area (Å²) in [6, 6.07) is 66.9. The van der Waals surface area contributed by atoms with Crippen molar-refractivity contribution in [2.75, 3.05) is 4.90 Å². The molecule has 14 rings (SSSR count). The third-order valence-corrected chi connectivity index (χ3v) is 14.4. The predicted molar refractivity (Wildman–Crippen MR) is 279 cm³/mol. The van der Waals surface area contributed by atoms with Crippen LogP contribution < -0.4 is 4.90 Å². The fraction of sp³-hybridized carbons (Fsp3) is 0.0968. The Hall–Kier alpha value is -8.68. The predicted octanol–water partition coefficient (Wildman–Crippen LogP) is 15.4. The second-order valence-corrected chi connectivity index (χ2v) is 18.4. The molecule has 0 fully saturated rings. The number of para-hydroxylation sites is 3. The van der Waals surface area contributed by atoms with Gasteiger partial charge < -0.3 is 13.9 Å². The van der Waals surface area contributed by atoms with E-state index in [0.29, 0.717) is 23.5 Å². The molecule has 1 aliphatic heterocycles. The lowest BCUT2D eigenvalue weighted by molar-refractivity contribution is 0.491. The highest BCUT2D eigenvalue weighted by molar-refractivity contribution is 5.94. The number of hydrogen-bond acceptors (Lipinski definition) is 6. The number of allylic oxidation sites excluding steroid dienone is 4. The Labute approximate surface area is 399 Å². The SMILES string of the molecule is C1=CC(c2nc3cccc(-c4cccc(-n5c6c(c7ccccc75)CCC5c7ccccc7N(c7nc(-c8ccccc8)nc(-c8ccc9cc(-c%10ccccc%10)ccc9c8)n7)C65)c4)c3o2)=CCC1. The number of fused-ring (bicyclic) bond motifs is 9. The summed E-state index contributed by atoms with van der Waals surface area (Å²) in [6.45, 7) is 0. The molecule has 0 saturated heterocycles. The van der Waals surface area contributed by atoms with Crippen LogP contribution in [0.1, 0.15) is 53.9 Å². The second kappa shape index (κ2) is 16.0. The van der Waals surface area contributed by atoms with E-state index in [-0.39, 0.29) is 12.0 Å². The standard InChI is InChI=1S/C62H44N6O/c1-4-16-39(17-5-1)42-30-31-44-37-46(33-32-43(44)36-42)60-64-59(40-18-6-2-7-19-40)65-62(66-60)68-55-29-13-11-25-50(55)52-35-34-51-49-24-10-12-28-54(49)67(56(51)57(52)68)47-23-14-22-45(38-47)48-26-15-27-53-58(48)69-61(63-53)41-20-8-3-9-21-41/h1-2,4-8,10-33,36-38,52,57H,3,9,34-35H2. The Morgan fingerprint density at radius 2 is 1.28 bits per heavy atom. The third-order valence-electron chi connectivity index (χ3n) is 14.4. The quantitative estimate of drug-likeness (QED) is 0.159. The number of anilines is 2. The molecule has 0 saturated carbocycles. The van der Waals surface area contributed by atoms with Crippen LogP contribution in [-0.4, -0.2) is 24.5 Å². The largest absolute Gasteiger partial charge is 0.435 e. The monoisotopic (exact) mass is 888 g/mol. The van der Waals surface area contributed by atoms with Crippen molar-refractivity contribution < 1.29 is 4.42 Å². The molecule has 2 aliphatic carbocycles. The van der Waals surface area contributed by atoms with Gasteiger partial charge in [0.2, 0.25) is 11.8 Å². The van der Waals surface area contributed by atoms with E-state index in [9.17, 15) is 0 Å². The summed E-state index contributed by atoms with van der Waals surface area (Å²) in [5.41, 5.74) is 16.4. The Balaban J connectivity index is 0.940. The van der Waals surface area contributed by atoms with Gasteiger partial charge in [-0.25, -0.2) is 9.97 Å². The fourth-order valence-electron chi connectivity index (χ4n) is 11.3. The van der Waals surface area contributed by atoms with Crippen LogP contribution in [-0.2, 0) is 6.42 Å². The number of benzene rings is 8. The van der Waals surface area contributed by atoms with Crippen LogP contribution in [0.25, 0.3) is 89.1 Å². The van der Waals surface area contributed by atoms with E-state index >= 15 is 0 Å². The van der Waals surface area contributed by atoms with Crippen molar-refractivity contribution in [1.29, 1.82) is 0 Å². The lowest BCUT2D eigenvalue weighted by Crippen LogP contribution is -2.30. The molecular formula is C62H44N6O. The van der Waals surface area contributed by atoms with Crippen molar-refractivity contribution >= 4 is 50.0 Å². The van der Waals surface area contributed by atoms with Gasteiger partial charge in [0.1, 0.15) is 5.52 Å². The minimum absolute atomic E-state index is 0.105. The Bertz CT molecular complexity index is 3880. The van der Waals surface area contributed by atoms with Gasteiger partial charge in [-0.3, -0.25) is 0 Å². The number of aromatic nitrogens is 5. The molecule has 69 heavy (non-hydrogen) atoms. The van der Waals surface area contributed by atoms with Crippen molar-refractivity contribution in [2.45, 2.75) is 37.6 Å². The van der Waals surface area contributed by atoms with Crippen LogP contribution in [0.5, 0.6) is 0 Å². The molecule has 11 aromatic rings. The highest BCUT2D eigenvalue weighted by Gasteiger charge is 2.47. The molecule has 0 bridgehead atoms. The molecule has 3 aromatic heterocycles. The van der Waals surface area contributed by atoms with Gasteiger partial charge in [0.15, 0.2) is 17.2 Å². The van der Waals surface area contributed by atoms with Gasteiger partial charge in [-0.1, -0.05) is 164 Å². The molecule has 8 aromatic carbocycles. The van der Waals surface area contributed by atoms with Crippen LogP contribution >= 0.6 is 0 Å². The van der Waals surface area contributed by atoms with Gasteiger partial charge in [-0.05, 0) is 107 Å². The molecular weight excluding hydrogens is 845 g/mol. The molecule has 0 spiro atoms. The Morgan fingerprint density at radius 1 is 0.551 bits per heavy atom. The number of oxazole rings is 1. The molecule has 7 heteroatoms. The summed E-state index contributed by atoms with van der Waals surface area (Å²) >= 11 is 0. The van der Waals surface area contributed by atoms with Gasteiger partial charge in [-0.2, -0.15) is 9.97 Å². The molecule has 0 amide bonds.